The van der Waals surface area contributed by atoms with Gasteiger partial charge in [-0.1, -0.05) is 12.1 Å². The molecule has 1 fully saturated rings. The summed E-state index contributed by atoms with van der Waals surface area (Å²) < 4.78 is 5.18. The minimum atomic E-state index is -0.189. The first kappa shape index (κ1) is 14.6. The maximum Gasteiger partial charge on any atom is 0.287 e. The Bertz CT molecular complexity index is 611. The van der Waals surface area contributed by atoms with Gasteiger partial charge in [-0.3, -0.25) is 10.2 Å². The Morgan fingerprint density at radius 1 is 1.41 bits per heavy atom. The van der Waals surface area contributed by atoms with Crippen LogP contribution in [0.2, 0.25) is 0 Å². The number of nitrogens with one attached hydrogen (secondary N) is 4. The van der Waals surface area contributed by atoms with Crippen molar-refractivity contribution >= 4 is 5.91 Å². The molecule has 1 aliphatic heterocycles. The topological polar surface area (TPSA) is 91.1 Å². The molecule has 1 aromatic heterocycles. The minimum Gasteiger partial charge on any atom is -0.497 e. The summed E-state index contributed by atoms with van der Waals surface area (Å²) in [6.07, 6.45) is 3.20. The highest BCUT2D eigenvalue weighted by molar-refractivity contribution is 5.90. The van der Waals surface area contributed by atoms with Crippen LogP contribution in [0.3, 0.4) is 0 Å². The second-order valence-corrected chi connectivity index (χ2v) is 5.18. The van der Waals surface area contributed by atoms with Crippen molar-refractivity contribution in [1.82, 2.24) is 26.1 Å². The summed E-state index contributed by atoms with van der Waals surface area (Å²) in [5.41, 5.74) is 7.56. The number of hydrogen-bond acceptors (Lipinski definition) is 5. The normalized spacial score (nSPS) is 20.8. The molecule has 0 saturated carbocycles. The molecule has 0 spiro atoms. The van der Waals surface area contributed by atoms with Gasteiger partial charge in [0, 0.05) is 31.4 Å². The molecular weight excluding hydrogens is 282 g/mol. The Hall–Kier alpha value is -2.38. The van der Waals surface area contributed by atoms with Gasteiger partial charge in [-0.25, -0.2) is 10.4 Å². The van der Waals surface area contributed by atoms with E-state index in [9.17, 15) is 4.79 Å². The Labute approximate surface area is 128 Å². The van der Waals surface area contributed by atoms with Gasteiger partial charge in [0.25, 0.3) is 5.91 Å². The zero-order chi connectivity index (χ0) is 15.4. The molecule has 1 aromatic carbocycles. The fourth-order valence-electron chi connectivity index (χ4n) is 2.59. The third-order valence-corrected chi connectivity index (χ3v) is 3.81. The van der Waals surface area contributed by atoms with Crippen molar-refractivity contribution in [2.45, 2.75) is 6.04 Å². The average molecular weight is 301 g/mol. The van der Waals surface area contributed by atoms with Gasteiger partial charge >= 0.3 is 0 Å². The van der Waals surface area contributed by atoms with Gasteiger partial charge < -0.3 is 15.0 Å². The summed E-state index contributed by atoms with van der Waals surface area (Å²) in [4.78, 5) is 18.7. The number of carbonyl (C=O) groups is 1. The van der Waals surface area contributed by atoms with Crippen LogP contribution in [0.1, 0.15) is 22.2 Å². The Morgan fingerprint density at radius 2 is 2.23 bits per heavy atom. The lowest BCUT2D eigenvalue weighted by Crippen LogP contribution is -2.33. The van der Waals surface area contributed by atoms with Crippen molar-refractivity contribution in [3.8, 4) is 5.75 Å². The number of imidazole rings is 1. The highest BCUT2D eigenvalue weighted by Gasteiger charge is 2.28. The van der Waals surface area contributed by atoms with Crippen LogP contribution in [0.5, 0.6) is 5.75 Å². The molecule has 0 bridgehead atoms. The molecule has 4 N–H and O–H groups in total. The van der Waals surface area contributed by atoms with E-state index < -0.39 is 0 Å². The number of carbonyl (C=O) groups excluding carboxylic acids is 1. The number of nitrogens with zero attached hydrogens (tertiary/aromatic N) is 1. The number of H-pyrrole nitrogens is 1. The number of amides is 1. The highest BCUT2D eigenvalue weighted by atomic mass is 16.5. The molecule has 2 heterocycles. The van der Waals surface area contributed by atoms with Crippen LogP contribution in [0, 0.1) is 5.92 Å². The minimum absolute atomic E-state index is 0.141. The van der Waals surface area contributed by atoms with E-state index in [0.717, 1.165) is 17.9 Å². The summed E-state index contributed by atoms with van der Waals surface area (Å²) in [5.74, 6) is 1.23. The van der Waals surface area contributed by atoms with Gasteiger partial charge in [-0.2, -0.15) is 0 Å². The second kappa shape index (κ2) is 6.59. The standard InChI is InChI=1S/C15H19N5O2/c1-22-12-4-2-10(3-5-12)13-11(9-19-20-13)8-18-15(21)14-16-6-7-17-14/h2-7,11,13,19-20H,8-9H2,1H3,(H,16,17)(H,18,21). The molecule has 7 nitrogen and oxygen atoms in total. The van der Waals surface area contributed by atoms with E-state index in [1.54, 1.807) is 19.5 Å². The number of aromatic nitrogens is 2. The van der Waals surface area contributed by atoms with Crippen molar-refractivity contribution in [3.63, 3.8) is 0 Å². The number of hydrogen-bond donors (Lipinski definition) is 4. The van der Waals surface area contributed by atoms with Gasteiger partial charge in [-0.05, 0) is 17.7 Å². The van der Waals surface area contributed by atoms with E-state index in [-0.39, 0.29) is 17.9 Å². The number of aromatic amines is 1. The van der Waals surface area contributed by atoms with Gasteiger partial charge in [0.2, 0.25) is 0 Å². The number of benzene rings is 1. The Balaban J connectivity index is 1.61. The smallest absolute Gasteiger partial charge is 0.287 e. The van der Waals surface area contributed by atoms with Crippen LogP contribution in [-0.4, -0.2) is 36.1 Å². The first-order chi connectivity index (χ1) is 10.8. The molecule has 116 valence electrons. The summed E-state index contributed by atoms with van der Waals surface area (Å²) >= 11 is 0. The van der Waals surface area contributed by atoms with E-state index in [0.29, 0.717) is 12.4 Å². The monoisotopic (exact) mass is 301 g/mol. The first-order valence-electron chi connectivity index (χ1n) is 7.18. The van der Waals surface area contributed by atoms with Crippen LogP contribution in [0.15, 0.2) is 36.7 Å². The summed E-state index contributed by atoms with van der Waals surface area (Å²) in [6.45, 7) is 1.35. The zero-order valence-corrected chi connectivity index (χ0v) is 12.3. The SMILES string of the molecule is COc1ccc(C2NNCC2CNC(=O)c2ncc[nH]2)cc1. The van der Waals surface area contributed by atoms with Gasteiger partial charge in [0.05, 0.1) is 13.2 Å². The zero-order valence-electron chi connectivity index (χ0n) is 12.3. The van der Waals surface area contributed by atoms with Crippen LogP contribution < -0.4 is 20.9 Å². The maximum absolute atomic E-state index is 11.9. The lowest BCUT2D eigenvalue weighted by atomic mass is 9.95. The van der Waals surface area contributed by atoms with Crippen molar-refractivity contribution < 1.29 is 9.53 Å². The fraction of sp³-hybridized carbons (Fsp3) is 0.333. The molecule has 2 aromatic rings. The van der Waals surface area contributed by atoms with Gasteiger partial charge in [0.1, 0.15) is 5.75 Å². The number of hydrazine groups is 1. The molecule has 1 saturated heterocycles. The maximum atomic E-state index is 11.9. The Kier molecular flexibility index (Phi) is 4.36. The van der Waals surface area contributed by atoms with Gasteiger partial charge in [-0.15, -0.1) is 0 Å². The number of rotatable bonds is 5. The van der Waals surface area contributed by atoms with E-state index in [1.165, 1.54) is 0 Å². The molecule has 3 rings (SSSR count). The molecule has 2 atom stereocenters. The molecule has 1 amide bonds. The third-order valence-electron chi connectivity index (χ3n) is 3.81. The largest absolute Gasteiger partial charge is 0.497 e. The molecule has 22 heavy (non-hydrogen) atoms. The lowest BCUT2D eigenvalue weighted by molar-refractivity contribution is 0.0937. The quantitative estimate of drug-likeness (QED) is 0.650. The van der Waals surface area contributed by atoms with Crippen molar-refractivity contribution in [1.29, 1.82) is 0 Å². The molecule has 1 aliphatic rings. The van der Waals surface area contributed by atoms with Gasteiger partial charge in [0.15, 0.2) is 5.82 Å². The summed E-state index contributed by atoms with van der Waals surface area (Å²) in [5, 5.41) is 2.91. The number of methoxy groups -OCH3 is 1. The lowest BCUT2D eigenvalue weighted by Gasteiger charge is -2.19. The van der Waals surface area contributed by atoms with E-state index >= 15 is 0 Å². The third kappa shape index (κ3) is 3.10. The molecule has 0 radical (unpaired) electrons. The molecule has 0 aliphatic carbocycles. The van der Waals surface area contributed by atoms with Crippen molar-refractivity contribution in [2.24, 2.45) is 5.92 Å². The van der Waals surface area contributed by atoms with E-state index in [2.05, 4.69) is 26.1 Å². The van der Waals surface area contributed by atoms with Crippen LogP contribution >= 0.6 is 0 Å². The second-order valence-electron chi connectivity index (χ2n) is 5.18. The first-order valence-corrected chi connectivity index (χ1v) is 7.18. The van der Waals surface area contributed by atoms with Crippen LogP contribution in [0.4, 0.5) is 0 Å². The fourth-order valence-corrected chi connectivity index (χ4v) is 2.59. The highest BCUT2D eigenvalue weighted by Crippen LogP contribution is 2.26. The number of ether oxygens (including phenoxy) is 1. The summed E-state index contributed by atoms with van der Waals surface area (Å²) in [6, 6.07) is 8.08. The van der Waals surface area contributed by atoms with Crippen LogP contribution in [-0.2, 0) is 0 Å². The van der Waals surface area contributed by atoms with Crippen molar-refractivity contribution in [2.75, 3.05) is 20.2 Å². The van der Waals surface area contributed by atoms with Crippen LogP contribution in [0.25, 0.3) is 0 Å². The predicted molar refractivity (Wildman–Crippen MR) is 81.3 cm³/mol. The molecular formula is C15H19N5O2. The Morgan fingerprint density at radius 3 is 2.91 bits per heavy atom. The van der Waals surface area contributed by atoms with E-state index in [1.807, 2.05) is 24.3 Å². The predicted octanol–water partition coefficient (Wildman–Crippen LogP) is 0.613. The average Bonchev–Trinajstić information content (AvgIpc) is 3.24. The van der Waals surface area contributed by atoms with E-state index in [4.69, 9.17) is 4.74 Å². The summed E-state index contributed by atoms with van der Waals surface area (Å²) in [7, 11) is 1.65. The molecule has 7 heteroatoms. The van der Waals surface area contributed by atoms with Crippen molar-refractivity contribution in [3.05, 3.63) is 48.0 Å². The molecule has 2 unspecified atom stereocenters.